The first-order valence-corrected chi connectivity index (χ1v) is 5.68. The van der Waals surface area contributed by atoms with Gasteiger partial charge in [-0.2, -0.15) is 0 Å². The van der Waals surface area contributed by atoms with Crippen LogP contribution in [0.3, 0.4) is 0 Å². The fraction of sp³-hybridized carbons (Fsp3) is 0.333. The summed E-state index contributed by atoms with van der Waals surface area (Å²) in [7, 11) is 0. The average molecular weight is 249 g/mol. The van der Waals surface area contributed by atoms with Gasteiger partial charge in [-0.1, -0.05) is 0 Å². The Morgan fingerprint density at radius 2 is 2.33 bits per heavy atom. The molecule has 0 aliphatic carbocycles. The van der Waals surface area contributed by atoms with Crippen LogP contribution in [0.2, 0.25) is 0 Å². The van der Waals surface area contributed by atoms with Gasteiger partial charge in [0.1, 0.15) is 0 Å². The summed E-state index contributed by atoms with van der Waals surface area (Å²) in [6.07, 6.45) is 0.310. The minimum atomic E-state index is -0.909. The zero-order valence-electron chi connectivity index (χ0n) is 9.77. The van der Waals surface area contributed by atoms with Gasteiger partial charge in [-0.15, -0.1) is 0 Å². The molecule has 1 aromatic rings. The molecule has 6 nitrogen and oxygen atoms in total. The highest BCUT2D eigenvalue weighted by Crippen LogP contribution is 2.25. The lowest BCUT2D eigenvalue weighted by atomic mass is 10.1. The van der Waals surface area contributed by atoms with Crippen molar-refractivity contribution in [3.8, 4) is 0 Å². The summed E-state index contributed by atoms with van der Waals surface area (Å²) in [6.45, 7) is 0.381. The van der Waals surface area contributed by atoms with Gasteiger partial charge in [0.15, 0.2) is 0 Å². The van der Waals surface area contributed by atoms with E-state index in [-0.39, 0.29) is 12.3 Å². The zero-order chi connectivity index (χ0) is 13.1. The minimum Gasteiger partial charge on any atom is -0.481 e. The maximum absolute atomic E-state index is 11.2. The van der Waals surface area contributed by atoms with Crippen molar-refractivity contribution >= 4 is 23.3 Å². The molecule has 6 heteroatoms. The van der Waals surface area contributed by atoms with Crippen LogP contribution in [0.4, 0.5) is 11.4 Å². The second-order valence-electron chi connectivity index (χ2n) is 4.34. The number of amides is 1. The van der Waals surface area contributed by atoms with Crippen LogP contribution in [0.1, 0.15) is 12.0 Å². The predicted molar refractivity (Wildman–Crippen MR) is 67.5 cm³/mol. The van der Waals surface area contributed by atoms with E-state index in [0.717, 1.165) is 16.9 Å². The number of aliphatic carboxylic acids is 1. The van der Waals surface area contributed by atoms with Crippen molar-refractivity contribution in [1.82, 2.24) is 0 Å². The number of carbonyl (C=O) groups is 2. The molecule has 2 rings (SSSR count). The van der Waals surface area contributed by atoms with E-state index in [9.17, 15) is 9.59 Å². The second-order valence-corrected chi connectivity index (χ2v) is 4.34. The van der Waals surface area contributed by atoms with Crippen LogP contribution in [0, 0.1) is 0 Å². The first-order chi connectivity index (χ1) is 8.54. The summed E-state index contributed by atoms with van der Waals surface area (Å²) in [5.74, 6) is -0.919. The van der Waals surface area contributed by atoms with Crippen LogP contribution < -0.4 is 16.4 Å². The number of hydrogen-bond donors (Lipinski definition) is 4. The molecule has 1 unspecified atom stereocenters. The molecule has 0 aromatic heterocycles. The van der Waals surface area contributed by atoms with Crippen LogP contribution >= 0.6 is 0 Å². The van der Waals surface area contributed by atoms with E-state index >= 15 is 0 Å². The fourth-order valence-electron chi connectivity index (χ4n) is 1.88. The van der Waals surface area contributed by atoms with Gasteiger partial charge in [-0.3, -0.25) is 9.59 Å². The smallest absolute Gasteiger partial charge is 0.304 e. The summed E-state index contributed by atoms with van der Waals surface area (Å²) in [6, 6.07) is 5.10. The molecule has 1 atom stereocenters. The molecular weight excluding hydrogens is 234 g/mol. The summed E-state index contributed by atoms with van der Waals surface area (Å²) < 4.78 is 0. The van der Waals surface area contributed by atoms with Crippen molar-refractivity contribution in [1.29, 1.82) is 0 Å². The van der Waals surface area contributed by atoms with Gasteiger partial charge >= 0.3 is 5.97 Å². The molecule has 1 heterocycles. The lowest BCUT2D eigenvalue weighted by molar-refractivity contribution is -0.137. The second kappa shape index (κ2) is 5.05. The molecular formula is C12H15N3O3. The monoisotopic (exact) mass is 249 g/mol. The highest BCUT2D eigenvalue weighted by Gasteiger charge is 2.17. The Hall–Kier alpha value is -2.08. The van der Waals surface area contributed by atoms with Gasteiger partial charge < -0.3 is 21.5 Å². The van der Waals surface area contributed by atoms with Crippen molar-refractivity contribution in [2.45, 2.75) is 18.9 Å². The number of anilines is 2. The van der Waals surface area contributed by atoms with Gasteiger partial charge in [0.05, 0.1) is 12.8 Å². The number of hydrogen-bond acceptors (Lipinski definition) is 4. The standard InChI is InChI=1S/C12H15N3O3/c13-8(5-12(17)18)6-14-9-1-2-10-7(3-9)4-11(16)15-10/h1-3,8,14H,4-6,13H2,(H,15,16)(H,17,18). The third-order valence-electron chi connectivity index (χ3n) is 2.74. The van der Waals surface area contributed by atoms with Gasteiger partial charge in [0.25, 0.3) is 0 Å². The molecule has 1 amide bonds. The van der Waals surface area contributed by atoms with E-state index in [1.807, 2.05) is 18.2 Å². The number of fused-ring (bicyclic) bond motifs is 1. The molecule has 0 saturated carbocycles. The lowest BCUT2D eigenvalue weighted by Gasteiger charge is -2.12. The number of nitrogens with two attached hydrogens (primary N) is 1. The molecule has 1 aromatic carbocycles. The van der Waals surface area contributed by atoms with Crippen molar-refractivity contribution < 1.29 is 14.7 Å². The first kappa shape index (κ1) is 12.4. The number of carboxylic acids is 1. The predicted octanol–water partition coefficient (Wildman–Crippen LogP) is 0.395. The quantitative estimate of drug-likeness (QED) is 0.604. The molecule has 18 heavy (non-hydrogen) atoms. The van der Waals surface area contributed by atoms with Crippen molar-refractivity contribution in [3.63, 3.8) is 0 Å². The molecule has 96 valence electrons. The summed E-state index contributed by atoms with van der Waals surface area (Å²) in [5.41, 5.74) is 8.26. The van der Waals surface area contributed by atoms with Crippen molar-refractivity contribution in [2.75, 3.05) is 17.2 Å². The Kier molecular flexibility index (Phi) is 3.47. The minimum absolute atomic E-state index is 0.00951. The number of nitrogens with one attached hydrogen (secondary N) is 2. The van der Waals surface area contributed by atoms with Crippen LogP contribution in [-0.4, -0.2) is 29.6 Å². The van der Waals surface area contributed by atoms with Crippen molar-refractivity contribution in [2.24, 2.45) is 5.73 Å². The molecule has 0 spiro atoms. The van der Waals surface area contributed by atoms with Gasteiger partial charge in [-0.05, 0) is 23.8 Å². The Bertz CT molecular complexity index is 487. The van der Waals surface area contributed by atoms with Gasteiger partial charge in [0.2, 0.25) is 5.91 Å². The van der Waals surface area contributed by atoms with E-state index in [1.54, 1.807) is 0 Å². The molecule has 1 aliphatic rings. The van der Waals surface area contributed by atoms with Gasteiger partial charge in [0, 0.05) is 24.0 Å². The normalized spacial score (nSPS) is 14.8. The van der Waals surface area contributed by atoms with Crippen molar-refractivity contribution in [3.05, 3.63) is 23.8 Å². The Morgan fingerprint density at radius 3 is 3.06 bits per heavy atom. The van der Waals surface area contributed by atoms with Crippen LogP contribution in [-0.2, 0) is 16.0 Å². The summed E-state index contributed by atoms with van der Waals surface area (Å²) in [5, 5.41) is 14.4. The molecule has 5 N–H and O–H groups in total. The molecule has 0 saturated heterocycles. The number of carbonyl (C=O) groups excluding carboxylic acids is 1. The number of rotatable bonds is 5. The average Bonchev–Trinajstić information content (AvgIpc) is 2.64. The molecule has 0 radical (unpaired) electrons. The van der Waals surface area contributed by atoms with E-state index in [0.29, 0.717) is 13.0 Å². The Morgan fingerprint density at radius 1 is 1.56 bits per heavy atom. The number of benzene rings is 1. The third kappa shape index (κ3) is 2.98. The molecule has 0 fully saturated rings. The maximum atomic E-state index is 11.2. The van der Waals surface area contributed by atoms with E-state index in [1.165, 1.54) is 0 Å². The van der Waals surface area contributed by atoms with E-state index < -0.39 is 12.0 Å². The summed E-state index contributed by atoms with van der Waals surface area (Å²) in [4.78, 5) is 21.6. The topological polar surface area (TPSA) is 104 Å². The third-order valence-corrected chi connectivity index (χ3v) is 2.74. The van der Waals surface area contributed by atoms with E-state index in [4.69, 9.17) is 10.8 Å². The highest BCUT2D eigenvalue weighted by atomic mass is 16.4. The maximum Gasteiger partial charge on any atom is 0.304 e. The SMILES string of the molecule is NC(CNc1ccc2c(c1)CC(=O)N2)CC(=O)O. The highest BCUT2D eigenvalue weighted by molar-refractivity contribution is 5.99. The van der Waals surface area contributed by atoms with Gasteiger partial charge in [-0.25, -0.2) is 0 Å². The van der Waals surface area contributed by atoms with Crippen LogP contribution in [0.15, 0.2) is 18.2 Å². The Balaban J connectivity index is 1.93. The largest absolute Gasteiger partial charge is 0.481 e. The molecule has 1 aliphatic heterocycles. The summed E-state index contributed by atoms with van der Waals surface area (Å²) >= 11 is 0. The molecule has 0 bridgehead atoms. The van der Waals surface area contributed by atoms with Crippen LogP contribution in [0.25, 0.3) is 0 Å². The van der Waals surface area contributed by atoms with Crippen LogP contribution in [0.5, 0.6) is 0 Å². The first-order valence-electron chi connectivity index (χ1n) is 5.68. The van der Waals surface area contributed by atoms with E-state index in [2.05, 4.69) is 10.6 Å². The Labute approximate surface area is 104 Å². The zero-order valence-corrected chi connectivity index (χ0v) is 9.77. The number of carboxylic acid groups (broad SMARTS) is 1. The lowest BCUT2D eigenvalue weighted by Crippen LogP contribution is -2.31. The fourth-order valence-corrected chi connectivity index (χ4v) is 1.88.